The Hall–Kier alpha value is -1.36. The maximum Gasteiger partial charge on any atom is 0.219 e. The van der Waals surface area contributed by atoms with Crippen LogP contribution >= 0.6 is 11.6 Å². The summed E-state index contributed by atoms with van der Waals surface area (Å²) >= 11 is 5.87. The highest BCUT2D eigenvalue weighted by Crippen LogP contribution is 2.24. The average molecular weight is 257 g/mol. The molecule has 1 aromatic rings. The topological polar surface area (TPSA) is 80.9 Å². The van der Waals surface area contributed by atoms with Crippen LogP contribution in [0.25, 0.3) is 0 Å². The molecule has 1 amide bonds. The molecule has 0 aliphatic heterocycles. The zero-order valence-corrected chi connectivity index (χ0v) is 11.2. The molecule has 94 valence electrons. The van der Waals surface area contributed by atoms with E-state index in [2.05, 4.69) is 15.5 Å². The molecule has 1 heterocycles. The van der Waals surface area contributed by atoms with Crippen molar-refractivity contribution < 1.29 is 4.79 Å². The lowest BCUT2D eigenvalue weighted by molar-refractivity contribution is -0.118. The summed E-state index contributed by atoms with van der Waals surface area (Å²) in [6, 6.07) is 0. The van der Waals surface area contributed by atoms with Crippen molar-refractivity contribution in [1.82, 2.24) is 10.2 Å². The average Bonchev–Trinajstić information content (AvgIpc) is 2.17. The second-order valence-electron chi connectivity index (χ2n) is 4.74. The van der Waals surface area contributed by atoms with Gasteiger partial charge in [0.25, 0.3) is 0 Å². The predicted octanol–water partition coefficient (Wildman–Crippen LogP) is 1.81. The maximum atomic E-state index is 10.9. The van der Waals surface area contributed by atoms with Crippen LogP contribution in [0.5, 0.6) is 0 Å². The van der Waals surface area contributed by atoms with E-state index in [0.29, 0.717) is 11.0 Å². The highest BCUT2D eigenvalue weighted by atomic mass is 35.5. The number of primary amides is 1. The number of hydrogen-bond acceptors (Lipinski definition) is 4. The Morgan fingerprint density at radius 1 is 1.35 bits per heavy atom. The van der Waals surface area contributed by atoms with Crippen LogP contribution in [-0.4, -0.2) is 21.6 Å². The first-order valence-corrected chi connectivity index (χ1v) is 5.66. The first-order valence-electron chi connectivity index (χ1n) is 5.29. The van der Waals surface area contributed by atoms with E-state index in [9.17, 15) is 4.79 Å². The van der Waals surface area contributed by atoms with Gasteiger partial charge >= 0.3 is 0 Å². The Kier molecular flexibility index (Phi) is 3.93. The summed E-state index contributed by atoms with van der Waals surface area (Å²) in [5, 5.41) is 11.4. The number of halogens is 1. The van der Waals surface area contributed by atoms with E-state index >= 15 is 0 Å². The number of anilines is 1. The van der Waals surface area contributed by atoms with E-state index in [0.717, 1.165) is 11.1 Å². The number of carbonyl (C=O) groups is 1. The second-order valence-corrected chi connectivity index (χ2v) is 5.10. The standard InChI is InChI=1S/C11H17ClN4O/c1-6-7(2)10(16-15-9(6)12)14-11(3,4)5-8(13)17/h5H2,1-4H3,(H2,13,17)(H,14,16). The van der Waals surface area contributed by atoms with Gasteiger partial charge in [0.2, 0.25) is 5.91 Å². The summed E-state index contributed by atoms with van der Waals surface area (Å²) in [6.07, 6.45) is 0.218. The van der Waals surface area contributed by atoms with Crippen molar-refractivity contribution in [2.45, 2.75) is 39.7 Å². The lowest BCUT2D eigenvalue weighted by Gasteiger charge is -2.26. The molecule has 17 heavy (non-hydrogen) atoms. The molecular weight excluding hydrogens is 240 g/mol. The normalized spacial score (nSPS) is 11.4. The largest absolute Gasteiger partial charge is 0.370 e. The van der Waals surface area contributed by atoms with Gasteiger partial charge in [-0.1, -0.05) is 11.6 Å². The number of carbonyl (C=O) groups excluding carboxylic acids is 1. The lowest BCUT2D eigenvalue weighted by atomic mass is 10.00. The van der Waals surface area contributed by atoms with Crippen LogP contribution in [0.3, 0.4) is 0 Å². The minimum atomic E-state index is -0.467. The first-order chi connectivity index (χ1) is 7.73. The number of hydrogen-bond donors (Lipinski definition) is 2. The van der Waals surface area contributed by atoms with Gasteiger partial charge in [0.1, 0.15) is 0 Å². The molecular formula is C11H17ClN4O. The predicted molar refractivity (Wildman–Crippen MR) is 68.0 cm³/mol. The van der Waals surface area contributed by atoms with Crippen LogP contribution in [0, 0.1) is 13.8 Å². The van der Waals surface area contributed by atoms with E-state index in [1.807, 2.05) is 27.7 Å². The fourth-order valence-corrected chi connectivity index (χ4v) is 1.67. The quantitative estimate of drug-likeness (QED) is 0.861. The first kappa shape index (κ1) is 13.7. The molecule has 5 nitrogen and oxygen atoms in total. The van der Waals surface area contributed by atoms with Crippen LogP contribution in [-0.2, 0) is 4.79 Å². The monoisotopic (exact) mass is 256 g/mol. The fourth-order valence-electron chi connectivity index (χ4n) is 1.50. The van der Waals surface area contributed by atoms with Crippen molar-refractivity contribution in [3.05, 3.63) is 16.3 Å². The molecule has 0 aliphatic rings. The Bertz CT molecular complexity index is 445. The summed E-state index contributed by atoms with van der Waals surface area (Å²) in [5.41, 5.74) is 6.51. The minimum Gasteiger partial charge on any atom is -0.370 e. The van der Waals surface area contributed by atoms with Crippen molar-refractivity contribution in [3.63, 3.8) is 0 Å². The number of nitrogens with one attached hydrogen (secondary N) is 1. The van der Waals surface area contributed by atoms with Crippen LogP contribution in [0.4, 0.5) is 5.82 Å². The van der Waals surface area contributed by atoms with Gasteiger partial charge in [0.05, 0.1) is 0 Å². The summed E-state index contributed by atoms with van der Waals surface area (Å²) in [5.74, 6) is 0.261. The molecule has 0 radical (unpaired) electrons. The van der Waals surface area contributed by atoms with Gasteiger partial charge in [-0.2, -0.15) is 0 Å². The van der Waals surface area contributed by atoms with Crippen molar-refractivity contribution in [2.24, 2.45) is 5.73 Å². The van der Waals surface area contributed by atoms with Crippen LogP contribution in [0.2, 0.25) is 5.15 Å². The molecule has 0 saturated heterocycles. The summed E-state index contributed by atoms with van der Waals surface area (Å²) in [4.78, 5) is 10.9. The summed E-state index contributed by atoms with van der Waals surface area (Å²) < 4.78 is 0. The van der Waals surface area contributed by atoms with Crippen molar-refractivity contribution in [3.8, 4) is 0 Å². The number of nitrogens with two attached hydrogens (primary N) is 1. The van der Waals surface area contributed by atoms with Crippen molar-refractivity contribution in [2.75, 3.05) is 5.32 Å². The van der Waals surface area contributed by atoms with Gasteiger partial charge in [-0.25, -0.2) is 0 Å². The van der Waals surface area contributed by atoms with E-state index in [4.69, 9.17) is 17.3 Å². The smallest absolute Gasteiger partial charge is 0.219 e. The Balaban J connectivity index is 2.96. The van der Waals surface area contributed by atoms with E-state index < -0.39 is 5.54 Å². The molecule has 1 rings (SSSR count). The zero-order chi connectivity index (χ0) is 13.2. The molecule has 0 bridgehead atoms. The molecule has 0 saturated carbocycles. The van der Waals surface area contributed by atoms with Gasteiger partial charge in [-0.05, 0) is 38.8 Å². The lowest BCUT2D eigenvalue weighted by Crippen LogP contribution is -2.36. The third kappa shape index (κ3) is 3.56. The number of aromatic nitrogens is 2. The summed E-state index contributed by atoms with van der Waals surface area (Å²) in [7, 11) is 0. The van der Waals surface area contributed by atoms with E-state index in [1.165, 1.54) is 0 Å². The molecule has 3 N–H and O–H groups in total. The van der Waals surface area contributed by atoms with Crippen molar-refractivity contribution in [1.29, 1.82) is 0 Å². The SMILES string of the molecule is Cc1c(Cl)nnc(NC(C)(C)CC(N)=O)c1C. The van der Waals surface area contributed by atoms with E-state index in [-0.39, 0.29) is 12.3 Å². The van der Waals surface area contributed by atoms with Crippen molar-refractivity contribution >= 4 is 23.3 Å². The fraction of sp³-hybridized carbons (Fsp3) is 0.545. The molecule has 0 aromatic carbocycles. The molecule has 0 unspecified atom stereocenters. The third-order valence-electron chi connectivity index (χ3n) is 2.54. The zero-order valence-electron chi connectivity index (χ0n) is 10.5. The minimum absolute atomic E-state index is 0.218. The maximum absolute atomic E-state index is 10.9. The van der Waals surface area contributed by atoms with Gasteiger partial charge < -0.3 is 11.1 Å². The molecule has 6 heteroatoms. The molecule has 0 fully saturated rings. The molecule has 1 aromatic heterocycles. The van der Waals surface area contributed by atoms with Gasteiger partial charge in [0, 0.05) is 12.0 Å². The Morgan fingerprint density at radius 2 is 1.94 bits per heavy atom. The highest BCUT2D eigenvalue weighted by molar-refractivity contribution is 6.30. The van der Waals surface area contributed by atoms with Gasteiger partial charge in [-0.15, -0.1) is 10.2 Å². The number of amides is 1. The van der Waals surface area contributed by atoms with Gasteiger partial charge in [-0.3, -0.25) is 4.79 Å². The third-order valence-corrected chi connectivity index (χ3v) is 2.90. The summed E-state index contributed by atoms with van der Waals surface area (Å²) in [6.45, 7) is 7.53. The van der Waals surface area contributed by atoms with Crippen LogP contribution in [0.15, 0.2) is 0 Å². The van der Waals surface area contributed by atoms with Gasteiger partial charge in [0.15, 0.2) is 11.0 Å². The molecule has 0 atom stereocenters. The van der Waals surface area contributed by atoms with Crippen LogP contribution < -0.4 is 11.1 Å². The molecule has 0 spiro atoms. The van der Waals surface area contributed by atoms with E-state index in [1.54, 1.807) is 0 Å². The number of nitrogens with zero attached hydrogens (tertiary/aromatic N) is 2. The Labute approximate surface area is 106 Å². The second kappa shape index (κ2) is 4.87. The Morgan fingerprint density at radius 3 is 2.47 bits per heavy atom. The highest BCUT2D eigenvalue weighted by Gasteiger charge is 2.22. The molecule has 0 aliphatic carbocycles. The van der Waals surface area contributed by atoms with Crippen LogP contribution in [0.1, 0.15) is 31.4 Å². The number of rotatable bonds is 4.